The molecule has 0 saturated carbocycles. The Morgan fingerprint density at radius 2 is 1.92 bits per heavy atom. The molecule has 0 aromatic heterocycles. The molecular weight excluding hydrogens is 164 g/mol. The first-order chi connectivity index (χ1) is 6.06. The third-order valence-corrected chi connectivity index (χ3v) is 1.38. The van der Waals surface area contributed by atoms with Crippen molar-refractivity contribution in [3.05, 3.63) is 24.8 Å². The maximum Gasteiger partial charge on any atom is 0.330 e. The summed E-state index contributed by atoms with van der Waals surface area (Å²) >= 11 is 0. The molecule has 0 aliphatic heterocycles. The second-order valence-electron chi connectivity index (χ2n) is 2.87. The Morgan fingerprint density at radius 3 is 2.15 bits per heavy atom. The van der Waals surface area contributed by atoms with Crippen LogP contribution in [-0.2, 0) is 4.79 Å². The molecular formula is C11H20O2. The van der Waals surface area contributed by atoms with Gasteiger partial charge >= 0.3 is 5.97 Å². The third kappa shape index (κ3) is 18.2. The summed E-state index contributed by atoms with van der Waals surface area (Å²) in [5.74, 6) is -0.935. The van der Waals surface area contributed by atoms with Crippen molar-refractivity contribution in [2.24, 2.45) is 0 Å². The lowest BCUT2D eigenvalue weighted by atomic mass is 10.2. The van der Waals surface area contributed by atoms with Crippen LogP contribution in [0.15, 0.2) is 24.8 Å². The van der Waals surface area contributed by atoms with Gasteiger partial charge in [-0.3, -0.25) is 0 Å². The molecule has 2 heteroatoms. The van der Waals surface area contributed by atoms with Crippen molar-refractivity contribution in [3.63, 3.8) is 0 Å². The minimum absolute atomic E-state index is 0.176. The fourth-order valence-electron chi connectivity index (χ4n) is 0.539. The Hall–Kier alpha value is -1.05. The summed E-state index contributed by atoms with van der Waals surface area (Å²) in [5.41, 5.74) is 0.176. The minimum Gasteiger partial charge on any atom is -0.478 e. The van der Waals surface area contributed by atoms with E-state index in [1.165, 1.54) is 32.6 Å². The number of aliphatic carboxylic acids is 1. The smallest absolute Gasteiger partial charge is 0.330 e. The van der Waals surface area contributed by atoms with E-state index in [2.05, 4.69) is 20.1 Å². The minimum atomic E-state index is -0.935. The maximum atomic E-state index is 9.60. The van der Waals surface area contributed by atoms with Crippen LogP contribution in [-0.4, -0.2) is 11.1 Å². The van der Waals surface area contributed by atoms with Crippen molar-refractivity contribution >= 4 is 5.97 Å². The first-order valence-corrected chi connectivity index (χ1v) is 4.55. The molecule has 0 spiro atoms. The average molecular weight is 184 g/mol. The Labute approximate surface area is 81.0 Å². The molecule has 2 nitrogen and oxygen atoms in total. The highest BCUT2D eigenvalue weighted by Gasteiger charge is 1.90. The highest BCUT2D eigenvalue weighted by atomic mass is 16.4. The molecule has 1 N–H and O–H groups in total. The lowest BCUT2D eigenvalue weighted by Crippen LogP contribution is -1.92. The van der Waals surface area contributed by atoms with E-state index >= 15 is 0 Å². The van der Waals surface area contributed by atoms with E-state index in [-0.39, 0.29) is 5.57 Å². The zero-order valence-electron chi connectivity index (χ0n) is 8.68. The lowest BCUT2D eigenvalue weighted by molar-refractivity contribution is -0.132. The fraction of sp³-hybridized carbons (Fsp3) is 0.545. The van der Waals surface area contributed by atoms with Crippen LogP contribution < -0.4 is 0 Å². The molecule has 0 aromatic carbocycles. The van der Waals surface area contributed by atoms with Gasteiger partial charge in [0.05, 0.1) is 0 Å². The molecule has 0 aliphatic carbocycles. The van der Waals surface area contributed by atoms with Gasteiger partial charge in [0.1, 0.15) is 0 Å². The predicted molar refractivity (Wildman–Crippen MR) is 56.8 cm³/mol. The monoisotopic (exact) mass is 184 g/mol. The highest BCUT2D eigenvalue weighted by molar-refractivity contribution is 5.84. The number of hydrogen-bond donors (Lipinski definition) is 1. The molecule has 0 fully saturated rings. The first kappa shape index (κ1) is 14.5. The van der Waals surface area contributed by atoms with Crippen molar-refractivity contribution < 1.29 is 9.90 Å². The van der Waals surface area contributed by atoms with E-state index in [1.54, 1.807) is 0 Å². The Bertz CT molecular complexity index is 147. The van der Waals surface area contributed by atoms with Gasteiger partial charge in [0.2, 0.25) is 0 Å². The van der Waals surface area contributed by atoms with Gasteiger partial charge in [0.15, 0.2) is 0 Å². The highest BCUT2D eigenvalue weighted by Crippen LogP contribution is 1.97. The number of hydrogen-bond acceptors (Lipinski definition) is 1. The number of carboxylic acids is 1. The van der Waals surface area contributed by atoms with Gasteiger partial charge in [-0.25, -0.2) is 4.79 Å². The summed E-state index contributed by atoms with van der Waals surface area (Å²) in [5, 5.41) is 7.89. The third-order valence-electron chi connectivity index (χ3n) is 1.38. The van der Waals surface area contributed by atoms with Gasteiger partial charge in [0, 0.05) is 5.57 Å². The van der Waals surface area contributed by atoms with E-state index < -0.39 is 5.97 Å². The molecule has 76 valence electrons. The molecule has 0 heterocycles. The van der Waals surface area contributed by atoms with E-state index in [9.17, 15) is 4.79 Å². The molecule has 0 aromatic rings. The molecule has 0 unspecified atom stereocenters. The van der Waals surface area contributed by atoms with E-state index in [4.69, 9.17) is 5.11 Å². The summed E-state index contributed by atoms with van der Waals surface area (Å²) in [6.07, 6.45) is 7.16. The Morgan fingerprint density at radius 1 is 1.46 bits per heavy atom. The molecule has 0 amide bonds. The van der Waals surface area contributed by atoms with E-state index in [1.807, 2.05) is 6.08 Å². The SMILES string of the molecule is C=C(C)C(=O)O.C=CCCCCC. The lowest BCUT2D eigenvalue weighted by Gasteiger charge is -1.87. The standard InChI is InChI=1S/C7H14.C4H6O2/c1-3-5-7-6-4-2;1-3(2)4(5)6/h3H,1,4-7H2,2H3;1H2,2H3,(H,5,6). The van der Waals surface area contributed by atoms with Crippen LogP contribution in [0.5, 0.6) is 0 Å². The second-order valence-corrected chi connectivity index (χ2v) is 2.87. The summed E-state index contributed by atoms with van der Waals surface area (Å²) in [4.78, 5) is 9.60. The largest absolute Gasteiger partial charge is 0.478 e. The van der Waals surface area contributed by atoms with Gasteiger partial charge < -0.3 is 5.11 Å². The topological polar surface area (TPSA) is 37.3 Å². The summed E-state index contributed by atoms with van der Waals surface area (Å²) < 4.78 is 0. The van der Waals surface area contributed by atoms with Crippen LogP contribution in [0.1, 0.15) is 39.5 Å². The number of unbranched alkanes of at least 4 members (excludes halogenated alkanes) is 3. The Balaban J connectivity index is 0. The summed E-state index contributed by atoms with van der Waals surface area (Å²) in [7, 11) is 0. The molecule has 13 heavy (non-hydrogen) atoms. The first-order valence-electron chi connectivity index (χ1n) is 4.55. The van der Waals surface area contributed by atoms with Gasteiger partial charge in [-0.05, 0) is 19.8 Å². The van der Waals surface area contributed by atoms with Crippen LogP contribution in [0.4, 0.5) is 0 Å². The second kappa shape index (κ2) is 11.0. The van der Waals surface area contributed by atoms with Gasteiger partial charge in [-0.15, -0.1) is 6.58 Å². The molecule has 0 saturated heterocycles. The van der Waals surface area contributed by atoms with Crippen LogP contribution in [0, 0.1) is 0 Å². The van der Waals surface area contributed by atoms with Crippen LogP contribution in [0.25, 0.3) is 0 Å². The van der Waals surface area contributed by atoms with Crippen molar-refractivity contribution in [2.45, 2.75) is 39.5 Å². The van der Waals surface area contributed by atoms with Crippen LogP contribution in [0.2, 0.25) is 0 Å². The van der Waals surface area contributed by atoms with E-state index in [0.29, 0.717) is 0 Å². The van der Waals surface area contributed by atoms with Gasteiger partial charge in [0.25, 0.3) is 0 Å². The molecule has 0 aliphatic rings. The van der Waals surface area contributed by atoms with Crippen molar-refractivity contribution in [1.29, 1.82) is 0 Å². The summed E-state index contributed by atoms with van der Waals surface area (Å²) in [6, 6.07) is 0. The molecule has 0 bridgehead atoms. The van der Waals surface area contributed by atoms with Crippen LogP contribution in [0.3, 0.4) is 0 Å². The van der Waals surface area contributed by atoms with Crippen molar-refractivity contribution in [3.8, 4) is 0 Å². The average Bonchev–Trinajstić information content (AvgIpc) is 2.06. The van der Waals surface area contributed by atoms with Gasteiger partial charge in [-0.1, -0.05) is 32.4 Å². The fourth-order valence-corrected chi connectivity index (χ4v) is 0.539. The van der Waals surface area contributed by atoms with E-state index in [0.717, 1.165) is 0 Å². The van der Waals surface area contributed by atoms with Crippen molar-refractivity contribution in [1.82, 2.24) is 0 Å². The zero-order valence-corrected chi connectivity index (χ0v) is 8.68. The van der Waals surface area contributed by atoms with Crippen LogP contribution >= 0.6 is 0 Å². The number of carboxylic acid groups (broad SMARTS) is 1. The number of rotatable bonds is 5. The summed E-state index contributed by atoms with van der Waals surface area (Å²) in [6.45, 7) is 10.4. The molecule has 0 radical (unpaired) electrons. The normalized spacial score (nSPS) is 8.15. The zero-order chi connectivity index (χ0) is 10.7. The number of allylic oxidation sites excluding steroid dienone is 1. The maximum absolute atomic E-state index is 9.60. The number of carbonyl (C=O) groups is 1. The van der Waals surface area contributed by atoms with Gasteiger partial charge in [-0.2, -0.15) is 0 Å². The molecule has 0 atom stereocenters. The van der Waals surface area contributed by atoms with Crippen molar-refractivity contribution in [2.75, 3.05) is 0 Å². The predicted octanol–water partition coefficient (Wildman–Crippen LogP) is 3.40. The Kier molecular flexibility index (Phi) is 12.2. The quantitative estimate of drug-likeness (QED) is 0.404. The molecule has 0 rings (SSSR count).